The third kappa shape index (κ3) is 4.87. The van der Waals surface area contributed by atoms with Gasteiger partial charge in [0.1, 0.15) is 5.75 Å². The Morgan fingerprint density at radius 1 is 1.30 bits per heavy atom. The van der Waals surface area contributed by atoms with Crippen molar-refractivity contribution < 1.29 is 24.2 Å². The molecule has 1 aliphatic heterocycles. The van der Waals surface area contributed by atoms with E-state index in [2.05, 4.69) is 10.3 Å². The number of carboxylic acid groups (broad SMARTS) is 1. The van der Waals surface area contributed by atoms with Crippen LogP contribution < -0.4 is 21.5 Å². The number of rotatable bonds is 8. The van der Waals surface area contributed by atoms with E-state index in [9.17, 15) is 19.5 Å². The van der Waals surface area contributed by atoms with Gasteiger partial charge in [0.15, 0.2) is 12.0 Å². The van der Waals surface area contributed by atoms with E-state index >= 15 is 0 Å². The number of amides is 3. The van der Waals surface area contributed by atoms with Crippen molar-refractivity contribution in [3.8, 4) is 5.75 Å². The summed E-state index contributed by atoms with van der Waals surface area (Å²) in [7, 11) is 1.55. The Kier molecular flexibility index (Phi) is 6.58. The van der Waals surface area contributed by atoms with Crippen molar-refractivity contribution in [3.63, 3.8) is 0 Å². The number of carbonyl (C=O) groups is 3. The van der Waals surface area contributed by atoms with Crippen LogP contribution in [0.15, 0.2) is 29.3 Å². The Morgan fingerprint density at radius 3 is 2.52 bits per heavy atom. The first kappa shape index (κ1) is 20.0. The lowest BCUT2D eigenvalue weighted by molar-refractivity contribution is -0.166. The van der Waals surface area contributed by atoms with E-state index in [-0.39, 0.29) is 18.9 Å². The van der Waals surface area contributed by atoms with Crippen LogP contribution in [-0.4, -0.2) is 53.6 Å². The van der Waals surface area contributed by atoms with Crippen molar-refractivity contribution in [1.29, 1.82) is 0 Å². The van der Waals surface area contributed by atoms with Gasteiger partial charge in [0, 0.05) is 13.1 Å². The maximum atomic E-state index is 12.3. The van der Waals surface area contributed by atoms with Gasteiger partial charge in [0.25, 0.3) is 0 Å². The zero-order valence-corrected chi connectivity index (χ0v) is 14.9. The number of methoxy groups -OCH3 is 1. The number of aliphatic imine (C=N–C) groups is 1. The third-order valence-corrected chi connectivity index (χ3v) is 4.26. The van der Waals surface area contributed by atoms with Crippen LogP contribution in [0.3, 0.4) is 0 Å². The summed E-state index contributed by atoms with van der Waals surface area (Å²) in [5, 5.41) is 11.9. The van der Waals surface area contributed by atoms with Crippen molar-refractivity contribution in [2.75, 3.05) is 13.7 Å². The van der Waals surface area contributed by atoms with Crippen molar-refractivity contribution in [1.82, 2.24) is 10.2 Å². The first-order valence-corrected chi connectivity index (χ1v) is 8.37. The molecular formula is C17H23N5O5. The molecule has 1 fully saturated rings. The second-order valence-corrected chi connectivity index (χ2v) is 6.05. The molecule has 10 nitrogen and oxygen atoms in total. The molecule has 0 unspecified atom stereocenters. The van der Waals surface area contributed by atoms with Crippen molar-refractivity contribution in [2.45, 2.75) is 25.4 Å². The molecule has 0 saturated carbocycles. The van der Waals surface area contributed by atoms with E-state index in [1.807, 2.05) is 0 Å². The number of nitrogens with zero attached hydrogens (tertiary/aromatic N) is 2. The largest absolute Gasteiger partial charge is 0.497 e. The molecule has 2 rings (SSSR count). The zero-order chi connectivity index (χ0) is 20.0. The number of urea groups is 1. The highest BCUT2D eigenvalue weighted by atomic mass is 16.5. The summed E-state index contributed by atoms with van der Waals surface area (Å²) in [5.74, 6) is -1.88. The van der Waals surface area contributed by atoms with Gasteiger partial charge in [-0.1, -0.05) is 12.1 Å². The highest BCUT2D eigenvalue weighted by molar-refractivity contribution is 6.07. The van der Waals surface area contributed by atoms with Gasteiger partial charge >= 0.3 is 12.0 Å². The minimum atomic E-state index is -1.22. The number of carboxylic acids is 1. The molecule has 0 radical (unpaired) electrons. The number of benzene rings is 1. The number of nitrogens with two attached hydrogens (primary N) is 2. The number of aliphatic carboxylic acids is 1. The number of hydrogen-bond acceptors (Lipinski definition) is 5. The maximum Gasteiger partial charge on any atom is 0.327 e. The Labute approximate surface area is 156 Å². The van der Waals surface area contributed by atoms with Gasteiger partial charge in [0.2, 0.25) is 5.91 Å². The van der Waals surface area contributed by atoms with E-state index in [1.165, 1.54) is 0 Å². The van der Waals surface area contributed by atoms with Crippen molar-refractivity contribution >= 4 is 23.9 Å². The molecule has 1 heterocycles. The molecule has 1 aliphatic rings. The van der Waals surface area contributed by atoms with Gasteiger partial charge in [-0.05, 0) is 30.5 Å². The number of hydrogen-bond donors (Lipinski definition) is 4. The molecule has 0 aliphatic carbocycles. The van der Waals surface area contributed by atoms with Crippen LogP contribution in [0, 0.1) is 5.92 Å². The predicted octanol–water partition coefficient (Wildman–Crippen LogP) is -0.130. The van der Waals surface area contributed by atoms with E-state index in [0.29, 0.717) is 18.7 Å². The van der Waals surface area contributed by atoms with Crippen LogP contribution in [0.4, 0.5) is 4.79 Å². The predicted molar refractivity (Wildman–Crippen MR) is 96.9 cm³/mol. The SMILES string of the molecule is COc1ccc(CNC(=O)N2C(=O)[C@H](CCCN=C(N)N)[C@H]2C(=O)O)cc1. The number of nitrogens with one attached hydrogen (secondary N) is 1. The monoisotopic (exact) mass is 377 g/mol. The molecule has 0 aromatic heterocycles. The molecule has 146 valence electrons. The molecule has 0 bridgehead atoms. The Morgan fingerprint density at radius 2 is 1.96 bits per heavy atom. The summed E-state index contributed by atoms with van der Waals surface area (Å²) >= 11 is 0. The van der Waals surface area contributed by atoms with E-state index in [0.717, 1.165) is 10.5 Å². The molecule has 0 spiro atoms. The number of ether oxygens (including phenoxy) is 1. The van der Waals surface area contributed by atoms with Gasteiger partial charge in [-0.3, -0.25) is 9.79 Å². The van der Waals surface area contributed by atoms with Gasteiger partial charge in [-0.15, -0.1) is 0 Å². The van der Waals surface area contributed by atoms with Gasteiger partial charge < -0.3 is 26.6 Å². The Hall–Kier alpha value is -3.30. The van der Waals surface area contributed by atoms with Gasteiger partial charge in [-0.25, -0.2) is 14.5 Å². The van der Waals surface area contributed by atoms with Crippen molar-refractivity contribution in [2.24, 2.45) is 22.4 Å². The molecule has 3 amide bonds. The first-order valence-electron chi connectivity index (χ1n) is 8.37. The zero-order valence-electron chi connectivity index (χ0n) is 14.9. The molecule has 1 aromatic rings. The topological polar surface area (TPSA) is 160 Å². The molecule has 1 saturated heterocycles. The second-order valence-electron chi connectivity index (χ2n) is 6.05. The average molecular weight is 377 g/mol. The summed E-state index contributed by atoms with van der Waals surface area (Å²) in [6, 6.07) is 5.08. The molecular weight excluding hydrogens is 354 g/mol. The van der Waals surface area contributed by atoms with Crippen LogP contribution in [0.25, 0.3) is 0 Å². The minimum Gasteiger partial charge on any atom is -0.497 e. The molecule has 2 atom stereocenters. The quantitative estimate of drug-likeness (QED) is 0.212. The number of guanidine groups is 1. The lowest BCUT2D eigenvalue weighted by Gasteiger charge is -2.42. The molecule has 10 heteroatoms. The highest BCUT2D eigenvalue weighted by Crippen LogP contribution is 2.31. The lowest BCUT2D eigenvalue weighted by atomic mass is 9.84. The highest BCUT2D eigenvalue weighted by Gasteiger charge is 2.54. The minimum absolute atomic E-state index is 0.0655. The summed E-state index contributed by atoms with van der Waals surface area (Å²) in [5.41, 5.74) is 11.2. The van der Waals surface area contributed by atoms with E-state index in [1.54, 1.807) is 31.4 Å². The van der Waals surface area contributed by atoms with Gasteiger partial charge in [-0.2, -0.15) is 0 Å². The molecule has 6 N–H and O–H groups in total. The van der Waals surface area contributed by atoms with Crippen molar-refractivity contribution in [3.05, 3.63) is 29.8 Å². The normalized spacial score (nSPS) is 18.4. The Bertz CT molecular complexity index is 730. The third-order valence-electron chi connectivity index (χ3n) is 4.26. The van der Waals surface area contributed by atoms with Crippen LogP contribution in [-0.2, 0) is 16.1 Å². The summed E-state index contributed by atoms with van der Waals surface area (Å²) < 4.78 is 5.05. The number of carbonyl (C=O) groups excluding carboxylic acids is 2. The van der Waals surface area contributed by atoms with Crippen LogP contribution in [0.2, 0.25) is 0 Å². The second kappa shape index (κ2) is 8.88. The van der Waals surface area contributed by atoms with Crippen LogP contribution in [0.5, 0.6) is 5.75 Å². The standard InChI is InChI=1S/C17H23N5O5/c1-27-11-6-4-10(5-7-11)9-21-17(26)22-13(15(24)25)12(14(22)23)3-2-8-20-16(18)19/h4-7,12-13H,2-3,8-9H2,1H3,(H,21,26)(H,24,25)(H4,18,19,20)/t12-,13+/m1/s1. The molecule has 27 heavy (non-hydrogen) atoms. The smallest absolute Gasteiger partial charge is 0.327 e. The Balaban J connectivity index is 1.91. The van der Waals surface area contributed by atoms with Crippen LogP contribution >= 0.6 is 0 Å². The summed E-state index contributed by atoms with van der Waals surface area (Å²) in [6.45, 7) is 0.455. The number of β-lactam (4-membered cyclic amide) rings is 1. The van der Waals surface area contributed by atoms with E-state index in [4.69, 9.17) is 16.2 Å². The molecule has 1 aromatic carbocycles. The number of likely N-dealkylation sites (tertiary alicyclic amines) is 1. The number of imide groups is 1. The van der Waals surface area contributed by atoms with Gasteiger partial charge in [0.05, 0.1) is 13.0 Å². The summed E-state index contributed by atoms with van der Waals surface area (Å²) in [4.78, 5) is 40.5. The maximum absolute atomic E-state index is 12.3. The van der Waals surface area contributed by atoms with E-state index < -0.39 is 29.9 Å². The van der Waals surface area contributed by atoms with Crippen LogP contribution in [0.1, 0.15) is 18.4 Å². The fourth-order valence-corrected chi connectivity index (χ4v) is 2.86. The lowest BCUT2D eigenvalue weighted by Crippen LogP contribution is -2.68. The fraction of sp³-hybridized carbons (Fsp3) is 0.412. The summed E-state index contributed by atoms with van der Waals surface area (Å²) in [6.07, 6.45) is 0.730. The fourth-order valence-electron chi connectivity index (χ4n) is 2.86. The average Bonchev–Trinajstić information content (AvgIpc) is 2.63. The first-order chi connectivity index (χ1) is 12.8.